The molecule has 0 N–H and O–H groups in total. The molecule has 0 unspecified atom stereocenters. The lowest BCUT2D eigenvalue weighted by atomic mass is 9.95. The van der Waals surface area contributed by atoms with E-state index in [-0.39, 0.29) is 0 Å². The van der Waals surface area contributed by atoms with Gasteiger partial charge < -0.3 is 4.74 Å². The summed E-state index contributed by atoms with van der Waals surface area (Å²) in [6.07, 6.45) is 7.26. The van der Waals surface area contributed by atoms with Crippen LogP contribution in [-0.4, -0.2) is 19.0 Å². The molecule has 0 saturated carbocycles. The van der Waals surface area contributed by atoms with Gasteiger partial charge in [-0.3, -0.25) is 0 Å². The lowest BCUT2D eigenvalue weighted by Gasteiger charge is -2.23. The van der Waals surface area contributed by atoms with Crippen LogP contribution in [0.3, 0.4) is 0 Å². The van der Waals surface area contributed by atoms with E-state index in [0.29, 0.717) is 12.0 Å². The van der Waals surface area contributed by atoms with Crippen molar-refractivity contribution in [3.05, 3.63) is 42.0 Å². The Morgan fingerprint density at radius 3 is 2.76 bits per heavy atom. The Morgan fingerprint density at radius 2 is 2.06 bits per heavy atom. The van der Waals surface area contributed by atoms with Gasteiger partial charge in [0.1, 0.15) is 0 Å². The molecule has 17 heavy (non-hydrogen) atoms. The van der Waals surface area contributed by atoms with Gasteiger partial charge in [0.05, 0.1) is 6.10 Å². The first-order chi connectivity index (χ1) is 8.28. The highest BCUT2D eigenvalue weighted by molar-refractivity contribution is 7.99. The maximum atomic E-state index is 5.43. The molecule has 1 aromatic carbocycles. The van der Waals surface area contributed by atoms with Crippen LogP contribution in [0.5, 0.6) is 0 Å². The molecule has 92 valence electrons. The number of hydrogen-bond donors (Lipinski definition) is 0. The molecule has 1 aromatic rings. The van der Waals surface area contributed by atoms with E-state index in [1.165, 1.54) is 10.5 Å². The van der Waals surface area contributed by atoms with Crippen LogP contribution >= 0.6 is 11.8 Å². The topological polar surface area (TPSA) is 9.23 Å². The predicted molar refractivity (Wildman–Crippen MR) is 74.6 cm³/mol. The van der Waals surface area contributed by atoms with Crippen LogP contribution in [0.4, 0.5) is 0 Å². The number of benzene rings is 1. The summed E-state index contributed by atoms with van der Waals surface area (Å²) in [7, 11) is 1.81. The molecule has 0 amide bonds. The van der Waals surface area contributed by atoms with Gasteiger partial charge in [-0.05, 0) is 37.8 Å². The largest absolute Gasteiger partial charge is 0.381 e. The second-order valence-electron chi connectivity index (χ2n) is 4.64. The molecule has 1 aliphatic rings. The number of aryl methyl sites for hydroxylation is 1. The number of allylic oxidation sites excluding steroid dienone is 1. The van der Waals surface area contributed by atoms with Crippen molar-refractivity contribution in [1.29, 1.82) is 0 Å². The maximum Gasteiger partial charge on any atom is 0.0611 e. The molecular formula is C15H20OS. The summed E-state index contributed by atoms with van der Waals surface area (Å²) >= 11 is 1.94. The van der Waals surface area contributed by atoms with E-state index < -0.39 is 0 Å². The minimum Gasteiger partial charge on any atom is -0.381 e. The first-order valence-electron chi connectivity index (χ1n) is 6.17. The average Bonchev–Trinajstić information content (AvgIpc) is 2.38. The van der Waals surface area contributed by atoms with Crippen molar-refractivity contribution in [2.24, 2.45) is 5.92 Å². The minimum absolute atomic E-state index is 0.420. The molecule has 0 bridgehead atoms. The van der Waals surface area contributed by atoms with E-state index in [2.05, 4.69) is 43.3 Å². The van der Waals surface area contributed by atoms with E-state index in [0.717, 1.165) is 18.6 Å². The zero-order chi connectivity index (χ0) is 12.1. The third-order valence-electron chi connectivity index (χ3n) is 3.19. The zero-order valence-corrected chi connectivity index (χ0v) is 11.4. The third kappa shape index (κ3) is 3.90. The summed E-state index contributed by atoms with van der Waals surface area (Å²) < 4.78 is 5.43. The lowest BCUT2D eigenvalue weighted by molar-refractivity contribution is 0.0859. The van der Waals surface area contributed by atoms with E-state index in [1.807, 2.05) is 18.9 Å². The quantitative estimate of drug-likeness (QED) is 0.587. The molecule has 0 saturated heterocycles. The van der Waals surface area contributed by atoms with E-state index in [9.17, 15) is 0 Å². The first-order valence-corrected chi connectivity index (χ1v) is 7.15. The third-order valence-corrected chi connectivity index (χ3v) is 4.39. The van der Waals surface area contributed by atoms with Gasteiger partial charge in [-0.2, -0.15) is 0 Å². The summed E-state index contributed by atoms with van der Waals surface area (Å²) in [4.78, 5) is 1.36. The van der Waals surface area contributed by atoms with Gasteiger partial charge >= 0.3 is 0 Å². The van der Waals surface area contributed by atoms with Crippen molar-refractivity contribution >= 4 is 11.8 Å². The van der Waals surface area contributed by atoms with Gasteiger partial charge in [-0.25, -0.2) is 0 Å². The first kappa shape index (κ1) is 12.7. The molecule has 1 nitrogen and oxygen atoms in total. The Labute approximate surface area is 108 Å². The van der Waals surface area contributed by atoms with Crippen LogP contribution in [0.1, 0.15) is 18.4 Å². The summed E-state index contributed by atoms with van der Waals surface area (Å²) in [6.45, 7) is 2.13. The van der Waals surface area contributed by atoms with Gasteiger partial charge in [0.2, 0.25) is 0 Å². The van der Waals surface area contributed by atoms with E-state index in [4.69, 9.17) is 4.74 Å². The second kappa shape index (κ2) is 6.27. The highest BCUT2D eigenvalue weighted by Crippen LogP contribution is 2.27. The normalized spacial score (nSPS) is 23.9. The molecule has 0 radical (unpaired) electrons. The minimum atomic E-state index is 0.420. The fraction of sp³-hybridized carbons (Fsp3) is 0.467. The Hall–Kier alpha value is -0.730. The molecule has 0 fully saturated rings. The molecule has 2 atom stereocenters. The Balaban J connectivity index is 1.84. The number of ether oxygens (including phenoxy) is 1. The standard InChI is InChI=1S/C15H20OS/c1-12-6-8-15(9-7-12)17-11-13-4-3-5-14(10-13)16-2/h3-4,6-9,13-14H,5,10-11H2,1-2H3/t13-,14-/m1/s1. The Bertz CT molecular complexity index is 369. The fourth-order valence-corrected chi connectivity index (χ4v) is 3.07. The second-order valence-corrected chi connectivity index (χ2v) is 5.73. The summed E-state index contributed by atoms with van der Waals surface area (Å²) in [5, 5.41) is 0. The Kier molecular flexibility index (Phi) is 4.69. The average molecular weight is 248 g/mol. The van der Waals surface area contributed by atoms with Crippen LogP contribution in [0.15, 0.2) is 41.3 Å². The number of hydrogen-bond acceptors (Lipinski definition) is 2. The van der Waals surface area contributed by atoms with E-state index in [1.54, 1.807) is 0 Å². The van der Waals surface area contributed by atoms with Crippen molar-refractivity contribution in [1.82, 2.24) is 0 Å². The summed E-state index contributed by atoms with van der Waals surface area (Å²) in [5.41, 5.74) is 1.33. The van der Waals surface area contributed by atoms with Gasteiger partial charge in [-0.1, -0.05) is 29.8 Å². The highest BCUT2D eigenvalue weighted by atomic mass is 32.2. The van der Waals surface area contributed by atoms with Crippen molar-refractivity contribution in [2.45, 2.75) is 30.8 Å². The molecular weight excluding hydrogens is 228 g/mol. The molecule has 1 aliphatic carbocycles. The zero-order valence-electron chi connectivity index (χ0n) is 10.6. The van der Waals surface area contributed by atoms with Crippen LogP contribution in [-0.2, 0) is 4.74 Å². The van der Waals surface area contributed by atoms with E-state index >= 15 is 0 Å². The van der Waals surface area contributed by atoms with Gasteiger partial charge in [-0.15, -0.1) is 11.8 Å². The molecule has 0 heterocycles. The predicted octanol–water partition coefficient (Wildman–Crippen LogP) is 4.07. The molecule has 0 aliphatic heterocycles. The van der Waals surface area contributed by atoms with Gasteiger partial charge in [0.25, 0.3) is 0 Å². The van der Waals surface area contributed by atoms with Crippen LogP contribution in [0, 0.1) is 12.8 Å². The van der Waals surface area contributed by atoms with Crippen molar-refractivity contribution < 1.29 is 4.74 Å². The molecule has 2 heteroatoms. The van der Waals surface area contributed by atoms with Crippen molar-refractivity contribution in [3.8, 4) is 0 Å². The molecule has 0 aromatic heterocycles. The van der Waals surface area contributed by atoms with Crippen LogP contribution in [0.2, 0.25) is 0 Å². The maximum absolute atomic E-state index is 5.43. The smallest absolute Gasteiger partial charge is 0.0611 e. The summed E-state index contributed by atoms with van der Waals surface area (Å²) in [5.74, 6) is 1.80. The van der Waals surface area contributed by atoms with Crippen LogP contribution in [0.25, 0.3) is 0 Å². The fourth-order valence-electron chi connectivity index (χ4n) is 2.09. The van der Waals surface area contributed by atoms with Crippen LogP contribution < -0.4 is 0 Å². The highest BCUT2D eigenvalue weighted by Gasteiger charge is 2.17. The number of methoxy groups -OCH3 is 1. The molecule has 2 rings (SSSR count). The van der Waals surface area contributed by atoms with Gasteiger partial charge in [0, 0.05) is 17.8 Å². The van der Waals surface area contributed by atoms with Gasteiger partial charge in [0.15, 0.2) is 0 Å². The summed E-state index contributed by atoms with van der Waals surface area (Å²) in [6, 6.07) is 8.77. The monoisotopic (exact) mass is 248 g/mol. The number of rotatable bonds is 4. The van der Waals surface area contributed by atoms with Crippen molar-refractivity contribution in [2.75, 3.05) is 12.9 Å². The number of thioether (sulfide) groups is 1. The molecule has 0 spiro atoms. The SMILES string of the molecule is CO[C@@H]1CC=C[C@@H](CSc2ccc(C)cc2)C1. The lowest BCUT2D eigenvalue weighted by Crippen LogP contribution is -2.19. The van der Waals surface area contributed by atoms with Crippen molar-refractivity contribution in [3.63, 3.8) is 0 Å². The Morgan fingerprint density at radius 1 is 1.29 bits per heavy atom.